The number of alkyl halides is 1. The van der Waals surface area contributed by atoms with E-state index >= 15 is 0 Å². The van der Waals surface area contributed by atoms with E-state index < -0.39 is 6.80 Å². The molecule has 0 aromatic rings. The van der Waals surface area contributed by atoms with Crippen LogP contribution >= 0.6 is 29.8 Å². The lowest BCUT2D eigenvalue weighted by Gasteiger charge is -2.12. The van der Waals surface area contributed by atoms with Crippen LogP contribution < -0.4 is 0 Å². The third-order valence-corrected chi connectivity index (χ3v) is 5.62. The summed E-state index contributed by atoms with van der Waals surface area (Å²) in [6.07, 6.45) is 1.57. The molecule has 6 heteroatoms. The molecule has 0 saturated heterocycles. The summed E-state index contributed by atoms with van der Waals surface area (Å²) in [7, 11) is 2.68. The maximum Gasteiger partial charge on any atom is 0.388 e. The van der Waals surface area contributed by atoms with Crippen LogP contribution in [-0.2, 0) is 13.6 Å². The largest absolute Gasteiger partial charge is 0.388 e. The van der Waals surface area contributed by atoms with Gasteiger partial charge in [0.1, 0.15) is 0 Å². The first-order valence-electron chi connectivity index (χ1n) is 3.20. The van der Waals surface area contributed by atoms with Crippen LogP contribution in [0.4, 0.5) is 0 Å². The van der Waals surface area contributed by atoms with E-state index in [1.165, 1.54) is 14.2 Å². The van der Waals surface area contributed by atoms with Gasteiger partial charge in [0.2, 0.25) is 0 Å². The summed E-state index contributed by atoms with van der Waals surface area (Å²) in [5, 5.41) is -0.214. The summed E-state index contributed by atoms with van der Waals surface area (Å²) in [6, 6.07) is 0. The Labute approximate surface area is 81.7 Å². The quantitative estimate of drug-likeness (QED) is 0.399. The summed E-state index contributed by atoms with van der Waals surface area (Å²) in [6.45, 7) is 0.533. The second-order valence-electron chi connectivity index (χ2n) is 1.86. The Morgan fingerprint density at radius 1 is 1.67 bits per heavy atom. The third kappa shape index (κ3) is 4.53. The zero-order valence-corrected chi connectivity index (χ0v) is 9.49. The molecule has 0 aliphatic rings. The smallest absolute Gasteiger partial charge is 0.304 e. The fraction of sp³-hybridized carbons (Fsp3) is 0.667. The number of hydrogen-bond acceptors (Lipinski definition) is 4. The fourth-order valence-electron chi connectivity index (χ4n) is 0.410. The molecule has 0 bridgehead atoms. The summed E-state index contributed by atoms with van der Waals surface area (Å²) in [5.74, 6) is 0.462. The molecule has 0 radical (unpaired) electrons. The SMILES string of the molecule is C=CC(Cl)CSP(=O)(OC)OC. The first-order chi connectivity index (χ1) is 5.58. The minimum Gasteiger partial charge on any atom is -0.304 e. The Morgan fingerprint density at radius 2 is 2.17 bits per heavy atom. The molecule has 0 fully saturated rings. The highest BCUT2D eigenvalue weighted by Crippen LogP contribution is 2.59. The molecular weight excluding hydrogens is 219 g/mol. The molecule has 12 heavy (non-hydrogen) atoms. The van der Waals surface area contributed by atoms with Gasteiger partial charge in [-0.3, -0.25) is 0 Å². The predicted molar refractivity (Wildman–Crippen MR) is 53.9 cm³/mol. The van der Waals surface area contributed by atoms with Gasteiger partial charge in [-0.2, -0.15) is 0 Å². The van der Waals surface area contributed by atoms with Crippen LogP contribution in [0.5, 0.6) is 0 Å². The van der Waals surface area contributed by atoms with Crippen LogP contribution in [0.1, 0.15) is 0 Å². The Hall–Kier alpha value is 0.530. The highest BCUT2D eigenvalue weighted by Gasteiger charge is 2.22. The van der Waals surface area contributed by atoms with E-state index in [2.05, 4.69) is 15.6 Å². The van der Waals surface area contributed by atoms with Crippen molar-refractivity contribution in [1.82, 2.24) is 0 Å². The van der Waals surface area contributed by atoms with E-state index in [1.807, 2.05) is 0 Å². The van der Waals surface area contributed by atoms with E-state index in [0.717, 1.165) is 11.4 Å². The zero-order valence-electron chi connectivity index (χ0n) is 7.03. The van der Waals surface area contributed by atoms with Crippen LogP contribution in [-0.4, -0.2) is 25.3 Å². The lowest BCUT2D eigenvalue weighted by atomic mass is 10.5. The standard InChI is InChI=1S/C6H12ClO3PS/c1-4-6(7)5-12-11(8,9-2)10-3/h4,6H,1,5H2,2-3H3. The van der Waals surface area contributed by atoms with Crippen molar-refractivity contribution in [1.29, 1.82) is 0 Å². The predicted octanol–water partition coefficient (Wildman–Crippen LogP) is 2.91. The monoisotopic (exact) mass is 230 g/mol. The molecule has 0 aliphatic carbocycles. The minimum absolute atomic E-state index is 0.214. The Balaban J connectivity index is 3.89. The van der Waals surface area contributed by atoms with E-state index in [-0.39, 0.29) is 5.38 Å². The fourth-order valence-corrected chi connectivity index (χ4v) is 3.35. The van der Waals surface area contributed by atoms with Gasteiger partial charge in [-0.25, -0.2) is 4.57 Å². The van der Waals surface area contributed by atoms with E-state index in [0.29, 0.717) is 5.75 Å². The molecule has 0 aliphatic heterocycles. The molecule has 0 N–H and O–H groups in total. The van der Waals surface area contributed by atoms with Gasteiger partial charge < -0.3 is 9.05 Å². The molecule has 1 unspecified atom stereocenters. The van der Waals surface area contributed by atoms with Crippen molar-refractivity contribution in [2.75, 3.05) is 20.0 Å². The normalized spacial score (nSPS) is 14.2. The van der Waals surface area contributed by atoms with Gasteiger partial charge in [-0.05, 0) is 11.4 Å². The summed E-state index contributed by atoms with van der Waals surface area (Å²) < 4.78 is 20.8. The molecule has 0 rings (SSSR count). The van der Waals surface area contributed by atoms with Crippen molar-refractivity contribution >= 4 is 29.8 Å². The maximum atomic E-state index is 11.4. The third-order valence-electron chi connectivity index (χ3n) is 1.09. The van der Waals surface area contributed by atoms with Gasteiger partial charge in [0, 0.05) is 20.0 Å². The van der Waals surface area contributed by atoms with Crippen molar-refractivity contribution in [3.63, 3.8) is 0 Å². The van der Waals surface area contributed by atoms with Gasteiger partial charge >= 0.3 is 6.80 Å². The molecule has 0 saturated carbocycles. The van der Waals surface area contributed by atoms with E-state index in [9.17, 15) is 4.57 Å². The first-order valence-corrected chi connectivity index (χ1v) is 6.77. The van der Waals surface area contributed by atoms with Gasteiger partial charge in [-0.15, -0.1) is 18.2 Å². The molecule has 0 aromatic heterocycles. The maximum absolute atomic E-state index is 11.4. The van der Waals surface area contributed by atoms with Gasteiger partial charge in [0.25, 0.3) is 0 Å². The molecule has 0 spiro atoms. The zero-order chi connectivity index (χ0) is 9.61. The van der Waals surface area contributed by atoms with Crippen molar-refractivity contribution < 1.29 is 13.6 Å². The van der Waals surface area contributed by atoms with E-state index in [4.69, 9.17) is 11.6 Å². The van der Waals surface area contributed by atoms with Crippen LogP contribution in [0, 0.1) is 0 Å². The number of hydrogen-bond donors (Lipinski definition) is 0. The lowest BCUT2D eigenvalue weighted by Crippen LogP contribution is -1.97. The molecule has 0 heterocycles. The van der Waals surface area contributed by atoms with E-state index in [1.54, 1.807) is 6.08 Å². The molecule has 72 valence electrons. The average Bonchev–Trinajstić information content (AvgIpc) is 2.13. The van der Waals surface area contributed by atoms with Crippen molar-refractivity contribution in [3.05, 3.63) is 12.7 Å². The van der Waals surface area contributed by atoms with Crippen LogP contribution in [0.25, 0.3) is 0 Å². The molecular formula is C6H12ClO3PS. The van der Waals surface area contributed by atoms with Gasteiger partial charge in [0.05, 0.1) is 5.38 Å². The number of rotatable bonds is 6. The molecule has 0 amide bonds. The highest BCUT2D eigenvalue weighted by atomic mass is 35.5. The van der Waals surface area contributed by atoms with Gasteiger partial charge in [0.15, 0.2) is 0 Å². The van der Waals surface area contributed by atoms with Crippen molar-refractivity contribution in [3.8, 4) is 0 Å². The van der Waals surface area contributed by atoms with Crippen molar-refractivity contribution in [2.45, 2.75) is 5.38 Å². The number of halogens is 1. The molecule has 0 aromatic carbocycles. The van der Waals surface area contributed by atoms with Crippen molar-refractivity contribution in [2.24, 2.45) is 0 Å². The summed E-state index contributed by atoms with van der Waals surface area (Å²) >= 11 is 6.78. The van der Waals surface area contributed by atoms with Crippen LogP contribution in [0.3, 0.4) is 0 Å². The summed E-state index contributed by atoms with van der Waals surface area (Å²) in [4.78, 5) is 0. The highest BCUT2D eigenvalue weighted by molar-refractivity contribution is 8.55. The van der Waals surface area contributed by atoms with Gasteiger partial charge in [-0.1, -0.05) is 6.08 Å². The average molecular weight is 231 g/mol. The van der Waals surface area contributed by atoms with Crippen LogP contribution in [0.2, 0.25) is 0 Å². The molecule has 3 nitrogen and oxygen atoms in total. The second-order valence-corrected chi connectivity index (χ2v) is 6.75. The Kier molecular flexibility index (Phi) is 6.32. The number of allylic oxidation sites excluding steroid dienone is 1. The minimum atomic E-state index is -2.96. The second kappa shape index (κ2) is 6.06. The lowest BCUT2D eigenvalue weighted by molar-refractivity contribution is 0.295. The molecule has 1 atom stereocenters. The summed E-state index contributed by atoms with van der Waals surface area (Å²) in [5.41, 5.74) is 0. The first kappa shape index (κ1) is 12.5. The Bertz CT molecular complexity index is 180. The van der Waals surface area contributed by atoms with Crippen LogP contribution in [0.15, 0.2) is 12.7 Å². The Morgan fingerprint density at radius 3 is 2.50 bits per heavy atom. The topological polar surface area (TPSA) is 35.5 Å².